The molecular formula is C20H30ClN3O2. The Hall–Kier alpha value is -1.59. The molecule has 6 heteroatoms. The van der Waals surface area contributed by atoms with Gasteiger partial charge < -0.3 is 15.1 Å². The van der Waals surface area contributed by atoms with Gasteiger partial charge in [-0.1, -0.05) is 19.1 Å². The minimum atomic E-state index is -0.202. The molecule has 2 aliphatic heterocycles. The van der Waals surface area contributed by atoms with Crippen molar-refractivity contribution in [3.8, 4) is 0 Å². The van der Waals surface area contributed by atoms with Crippen molar-refractivity contribution in [2.75, 3.05) is 38.1 Å². The molecule has 2 aliphatic rings. The number of benzene rings is 1. The SMILES string of the molecule is CCc1ccc(N2CC(C(=O)N3CCCC(CNC)C3)CC2=O)cc1.Cl. The van der Waals surface area contributed by atoms with Crippen molar-refractivity contribution in [3.63, 3.8) is 0 Å². The van der Waals surface area contributed by atoms with Crippen molar-refractivity contribution in [2.45, 2.75) is 32.6 Å². The van der Waals surface area contributed by atoms with Crippen LogP contribution in [0.4, 0.5) is 5.69 Å². The van der Waals surface area contributed by atoms with E-state index in [0.717, 1.165) is 38.2 Å². The van der Waals surface area contributed by atoms with Gasteiger partial charge in [0.05, 0.1) is 5.92 Å². The number of carbonyl (C=O) groups is 2. The predicted octanol–water partition coefficient (Wildman–Crippen LogP) is 2.48. The number of amides is 2. The Morgan fingerprint density at radius 1 is 1.23 bits per heavy atom. The Morgan fingerprint density at radius 2 is 1.96 bits per heavy atom. The van der Waals surface area contributed by atoms with Crippen molar-refractivity contribution in [2.24, 2.45) is 11.8 Å². The van der Waals surface area contributed by atoms with Gasteiger partial charge in [0, 0.05) is 31.7 Å². The lowest BCUT2D eigenvalue weighted by Crippen LogP contribution is -2.45. The summed E-state index contributed by atoms with van der Waals surface area (Å²) >= 11 is 0. The van der Waals surface area contributed by atoms with Gasteiger partial charge in [-0.15, -0.1) is 12.4 Å². The highest BCUT2D eigenvalue weighted by molar-refractivity contribution is 6.00. The first-order valence-electron chi connectivity index (χ1n) is 9.45. The molecule has 0 aliphatic carbocycles. The number of likely N-dealkylation sites (tertiary alicyclic amines) is 1. The van der Waals surface area contributed by atoms with E-state index in [2.05, 4.69) is 24.4 Å². The van der Waals surface area contributed by atoms with Gasteiger partial charge in [-0.05, 0) is 56.5 Å². The van der Waals surface area contributed by atoms with E-state index >= 15 is 0 Å². The van der Waals surface area contributed by atoms with Crippen LogP contribution in [0.5, 0.6) is 0 Å². The molecule has 144 valence electrons. The Labute approximate surface area is 162 Å². The third-order valence-electron chi connectivity index (χ3n) is 5.45. The highest BCUT2D eigenvalue weighted by atomic mass is 35.5. The molecule has 2 heterocycles. The monoisotopic (exact) mass is 379 g/mol. The van der Waals surface area contributed by atoms with Crippen LogP contribution >= 0.6 is 12.4 Å². The molecule has 2 amide bonds. The molecule has 2 unspecified atom stereocenters. The molecular weight excluding hydrogens is 350 g/mol. The van der Waals surface area contributed by atoms with Crippen molar-refractivity contribution < 1.29 is 9.59 Å². The molecule has 0 saturated carbocycles. The first kappa shape index (κ1) is 20.7. The minimum Gasteiger partial charge on any atom is -0.342 e. The summed E-state index contributed by atoms with van der Waals surface area (Å²) in [4.78, 5) is 29.1. The minimum absolute atomic E-state index is 0. The van der Waals surface area contributed by atoms with Crippen LogP contribution in [0.15, 0.2) is 24.3 Å². The maximum Gasteiger partial charge on any atom is 0.228 e. The van der Waals surface area contributed by atoms with Crippen LogP contribution in [0.2, 0.25) is 0 Å². The second-order valence-electron chi connectivity index (χ2n) is 7.28. The summed E-state index contributed by atoms with van der Waals surface area (Å²) in [5.74, 6) is 0.539. The van der Waals surface area contributed by atoms with E-state index in [4.69, 9.17) is 0 Å². The fourth-order valence-electron chi connectivity index (χ4n) is 4.01. The van der Waals surface area contributed by atoms with Crippen LogP contribution in [0.25, 0.3) is 0 Å². The molecule has 3 rings (SSSR count). The number of hydrogen-bond acceptors (Lipinski definition) is 3. The average molecular weight is 380 g/mol. The Balaban J connectivity index is 0.00000243. The van der Waals surface area contributed by atoms with E-state index in [1.807, 2.05) is 24.1 Å². The van der Waals surface area contributed by atoms with Gasteiger partial charge in [0.1, 0.15) is 0 Å². The van der Waals surface area contributed by atoms with Crippen molar-refractivity contribution in [1.29, 1.82) is 0 Å². The number of anilines is 1. The van der Waals surface area contributed by atoms with E-state index < -0.39 is 0 Å². The fourth-order valence-corrected chi connectivity index (χ4v) is 4.01. The normalized spacial score (nSPS) is 23.1. The van der Waals surface area contributed by atoms with E-state index in [0.29, 0.717) is 18.9 Å². The van der Waals surface area contributed by atoms with Gasteiger partial charge in [-0.3, -0.25) is 9.59 Å². The third-order valence-corrected chi connectivity index (χ3v) is 5.45. The lowest BCUT2D eigenvalue weighted by molar-refractivity contribution is -0.137. The summed E-state index contributed by atoms with van der Waals surface area (Å²) in [6.45, 7) is 5.22. The fraction of sp³-hybridized carbons (Fsp3) is 0.600. The zero-order valence-electron chi connectivity index (χ0n) is 15.7. The zero-order valence-corrected chi connectivity index (χ0v) is 16.6. The maximum atomic E-state index is 12.9. The van der Waals surface area contributed by atoms with Crippen LogP contribution in [-0.2, 0) is 16.0 Å². The van der Waals surface area contributed by atoms with Gasteiger partial charge in [-0.25, -0.2) is 0 Å². The predicted molar refractivity (Wildman–Crippen MR) is 107 cm³/mol. The number of carbonyl (C=O) groups excluding carboxylic acids is 2. The molecule has 26 heavy (non-hydrogen) atoms. The summed E-state index contributed by atoms with van der Waals surface area (Å²) in [7, 11) is 1.96. The molecule has 0 spiro atoms. The summed E-state index contributed by atoms with van der Waals surface area (Å²) in [5.41, 5.74) is 2.16. The number of piperidine rings is 1. The number of halogens is 1. The second-order valence-corrected chi connectivity index (χ2v) is 7.28. The highest BCUT2D eigenvalue weighted by Crippen LogP contribution is 2.28. The number of nitrogens with zero attached hydrogens (tertiary/aromatic N) is 2. The van der Waals surface area contributed by atoms with E-state index in [1.54, 1.807) is 4.90 Å². The van der Waals surface area contributed by atoms with E-state index in [9.17, 15) is 9.59 Å². The molecule has 0 bridgehead atoms. The lowest BCUT2D eigenvalue weighted by atomic mass is 9.96. The highest BCUT2D eigenvalue weighted by Gasteiger charge is 2.38. The van der Waals surface area contributed by atoms with Crippen molar-refractivity contribution >= 4 is 29.9 Å². The molecule has 1 aromatic carbocycles. The molecule has 1 N–H and O–H groups in total. The number of aryl methyl sites for hydroxylation is 1. The quantitative estimate of drug-likeness (QED) is 0.855. The lowest BCUT2D eigenvalue weighted by Gasteiger charge is -2.34. The zero-order chi connectivity index (χ0) is 17.8. The summed E-state index contributed by atoms with van der Waals surface area (Å²) < 4.78 is 0. The average Bonchev–Trinajstić information content (AvgIpc) is 3.03. The summed E-state index contributed by atoms with van der Waals surface area (Å²) in [6, 6.07) is 8.11. The first-order valence-corrected chi connectivity index (χ1v) is 9.45. The molecule has 2 saturated heterocycles. The summed E-state index contributed by atoms with van der Waals surface area (Å²) in [5, 5.41) is 3.21. The van der Waals surface area contributed by atoms with E-state index in [1.165, 1.54) is 12.0 Å². The summed E-state index contributed by atoms with van der Waals surface area (Å²) in [6.07, 6.45) is 3.55. The number of hydrogen-bond donors (Lipinski definition) is 1. The van der Waals surface area contributed by atoms with Gasteiger partial charge in [0.2, 0.25) is 11.8 Å². The third kappa shape index (κ3) is 4.57. The van der Waals surface area contributed by atoms with Crippen molar-refractivity contribution in [3.05, 3.63) is 29.8 Å². The molecule has 0 radical (unpaired) electrons. The van der Waals surface area contributed by atoms with Gasteiger partial charge in [0.15, 0.2) is 0 Å². The number of nitrogens with one attached hydrogen (secondary N) is 1. The van der Waals surface area contributed by atoms with Crippen LogP contribution in [-0.4, -0.2) is 49.9 Å². The topological polar surface area (TPSA) is 52.7 Å². The van der Waals surface area contributed by atoms with Crippen LogP contribution < -0.4 is 10.2 Å². The second kappa shape index (κ2) is 9.38. The maximum absolute atomic E-state index is 12.9. The largest absolute Gasteiger partial charge is 0.342 e. The standard InChI is InChI=1S/C20H29N3O2.ClH/c1-3-15-6-8-18(9-7-15)23-14-17(11-19(23)24)20(25)22-10-4-5-16(13-22)12-21-2;/h6-9,16-17,21H,3-5,10-14H2,1-2H3;1H. The molecule has 0 aromatic heterocycles. The molecule has 2 fully saturated rings. The van der Waals surface area contributed by atoms with Crippen LogP contribution in [0, 0.1) is 11.8 Å². The van der Waals surface area contributed by atoms with E-state index in [-0.39, 0.29) is 30.1 Å². The molecule has 1 aromatic rings. The molecule has 2 atom stereocenters. The smallest absolute Gasteiger partial charge is 0.228 e. The van der Waals surface area contributed by atoms with Gasteiger partial charge >= 0.3 is 0 Å². The van der Waals surface area contributed by atoms with Crippen LogP contribution in [0.1, 0.15) is 31.7 Å². The van der Waals surface area contributed by atoms with Gasteiger partial charge in [0.25, 0.3) is 0 Å². The van der Waals surface area contributed by atoms with Crippen molar-refractivity contribution in [1.82, 2.24) is 10.2 Å². The van der Waals surface area contributed by atoms with Crippen LogP contribution in [0.3, 0.4) is 0 Å². The first-order chi connectivity index (χ1) is 12.1. The Kier molecular flexibility index (Phi) is 7.47. The molecule has 5 nitrogen and oxygen atoms in total. The Bertz CT molecular complexity index is 618. The number of rotatable bonds is 5. The Morgan fingerprint density at radius 3 is 2.62 bits per heavy atom. The van der Waals surface area contributed by atoms with Gasteiger partial charge in [-0.2, -0.15) is 0 Å².